The van der Waals surface area contributed by atoms with Crippen molar-refractivity contribution in [2.45, 2.75) is 13.0 Å². The number of likely N-dealkylation sites (N-methyl/N-ethyl adjacent to an activating group) is 1. The van der Waals surface area contributed by atoms with E-state index in [-0.39, 0.29) is 11.7 Å². The van der Waals surface area contributed by atoms with Crippen molar-refractivity contribution in [3.05, 3.63) is 46.1 Å². The summed E-state index contributed by atoms with van der Waals surface area (Å²) in [4.78, 5) is 25.1. The predicted octanol–water partition coefficient (Wildman–Crippen LogP) is 3.89. The molecule has 2 rings (SSSR count). The number of halogens is 2. The first-order valence-corrected chi connectivity index (χ1v) is 7.53. The lowest BCUT2D eigenvalue weighted by Gasteiger charge is -2.16. The lowest BCUT2D eigenvalue weighted by molar-refractivity contribution is -0.137. The van der Waals surface area contributed by atoms with Crippen molar-refractivity contribution in [1.29, 1.82) is 0 Å². The van der Waals surface area contributed by atoms with Gasteiger partial charge >= 0.3 is 5.97 Å². The number of benzene rings is 1. The molecule has 0 aliphatic carbocycles. The van der Waals surface area contributed by atoms with E-state index in [0.29, 0.717) is 21.4 Å². The Morgan fingerprint density at radius 1 is 1.17 bits per heavy atom. The van der Waals surface area contributed by atoms with Crippen LogP contribution in [0, 0.1) is 0 Å². The smallest absolute Gasteiger partial charge is 0.375 e. The van der Waals surface area contributed by atoms with Crippen molar-refractivity contribution in [3.8, 4) is 11.3 Å². The van der Waals surface area contributed by atoms with E-state index >= 15 is 0 Å². The van der Waals surface area contributed by atoms with Gasteiger partial charge in [-0.15, -0.1) is 0 Å². The molecule has 5 nitrogen and oxygen atoms in total. The van der Waals surface area contributed by atoms with Crippen molar-refractivity contribution in [2.75, 3.05) is 14.1 Å². The highest BCUT2D eigenvalue weighted by molar-refractivity contribution is 6.43. The van der Waals surface area contributed by atoms with Gasteiger partial charge in [0.05, 0.1) is 10.0 Å². The zero-order chi connectivity index (χ0) is 17.1. The van der Waals surface area contributed by atoms with Gasteiger partial charge in [-0.2, -0.15) is 0 Å². The lowest BCUT2D eigenvalue weighted by atomic mass is 10.2. The van der Waals surface area contributed by atoms with Crippen LogP contribution < -0.4 is 0 Å². The molecule has 0 aliphatic heterocycles. The molecule has 0 N–H and O–H groups in total. The van der Waals surface area contributed by atoms with Crippen molar-refractivity contribution >= 4 is 35.1 Å². The number of hydrogen-bond donors (Lipinski definition) is 0. The van der Waals surface area contributed by atoms with Gasteiger partial charge in [-0.05, 0) is 31.2 Å². The van der Waals surface area contributed by atoms with Crippen molar-refractivity contribution in [3.63, 3.8) is 0 Å². The Morgan fingerprint density at radius 2 is 1.87 bits per heavy atom. The van der Waals surface area contributed by atoms with Crippen molar-refractivity contribution in [1.82, 2.24) is 4.90 Å². The second-order valence-electron chi connectivity index (χ2n) is 5.05. The Kier molecular flexibility index (Phi) is 5.34. The van der Waals surface area contributed by atoms with Gasteiger partial charge in [-0.1, -0.05) is 29.3 Å². The van der Waals surface area contributed by atoms with Crippen LogP contribution in [0.2, 0.25) is 10.0 Å². The third-order valence-corrected chi connectivity index (χ3v) is 3.92. The highest BCUT2D eigenvalue weighted by Gasteiger charge is 2.23. The van der Waals surface area contributed by atoms with Crippen LogP contribution in [0.3, 0.4) is 0 Å². The summed E-state index contributed by atoms with van der Waals surface area (Å²) < 4.78 is 10.5. The number of nitrogens with zero attached hydrogens (tertiary/aromatic N) is 1. The molecule has 0 saturated heterocycles. The van der Waals surface area contributed by atoms with Crippen molar-refractivity contribution in [2.24, 2.45) is 0 Å². The van der Waals surface area contributed by atoms with E-state index in [0.717, 1.165) is 0 Å². The molecular weight excluding hydrogens is 341 g/mol. The third-order valence-electron chi connectivity index (χ3n) is 3.10. The summed E-state index contributed by atoms with van der Waals surface area (Å²) in [5.41, 5.74) is 0.565. The number of carbonyl (C=O) groups is 2. The highest BCUT2D eigenvalue weighted by atomic mass is 35.5. The zero-order valence-electron chi connectivity index (χ0n) is 12.8. The van der Waals surface area contributed by atoms with Crippen LogP contribution in [-0.2, 0) is 9.53 Å². The van der Waals surface area contributed by atoms with E-state index in [4.69, 9.17) is 32.4 Å². The van der Waals surface area contributed by atoms with E-state index in [9.17, 15) is 9.59 Å². The summed E-state index contributed by atoms with van der Waals surface area (Å²) in [6, 6.07) is 8.15. The van der Waals surface area contributed by atoms with Crippen LogP contribution in [-0.4, -0.2) is 37.0 Å². The number of carbonyl (C=O) groups excluding carboxylic acids is 2. The second kappa shape index (κ2) is 7.06. The molecule has 1 aromatic heterocycles. The standard InChI is InChI=1S/C16H15Cl2NO4/c1-9(15(20)19(2)3)22-16(21)13-8-7-12(23-13)10-5-4-6-11(17)14(10)18/h4-9H,1-3H3/t9-/m0/s1. The molecule has 0 fully saturated rings. The maximum absolute atomic E-state index is 12.0. The molecule has 0 bridgehead atoms. The molecule has 2 aromatic rings. The van der Waals surface area contributed by atoms with Crippen LogP contribution in [0.25, 0.3) is 11.3 Å². The molecular formula is C16H15Cl2NO4. The van der Waals surface area contributed by atoms with Crippen LogP contribution >= 0.6 is 23.2 Å². The first-order chi connectivity index (χ1) is 10.8. The molecule has 0 radical (unpaired) electrons. The summed E-state index contributed by atoms with van der Waals surface area (Å²) >= 11 is 12.1. The SMILES string of the molecule is C[C@H](OC(=O)c1ccc(-c2cccc(Cl)c2Cl)o1)C(=O)N(C)C. The Labute approximate surface area is 143 Å². The minimum atomic E-state index is -0.902. The normalized spacial score (nSPS) is 11.9. The lowest BCUT2D eigenvalue weighted by Crippen LogP contribution is -2.34. The predicted molar refractivity (Wildman–Crippen MR) is 87.7 cm³/mol. The van der Waals surface area contributed by atoms with E-state index in [1.807, 2.05) is 0 Å². The summed E-state index contributed by atoms with van der Waals surface area (Å²) in [5.74, 6) is -0.675. The molecule has 0 unspecified atom stereocenters. The summed E-state index contributed by atoms with van der Waals surface area (Å²) in [5, 5.41) is 0.717. The number of hydrogen-bond acceptors (Lipinski definition) is 4. The largest absolute Gasteiger partial charge is 0.449 e. The zero-order valence-corrected chi connectivity index (χ0v) is 14.3. The summed E-state index contributed by atoms with van der Waals surface area (Å²) in [6.07, 6.45) is -0.902. The van der Waals surface area contributed by atoms with Crippen LogP contribution in [0.4, 0.5) is 0 Å². The van der Waals surface area contributed by atoms with E-state index < -0.39 is 12.1 Å². The van der Waals surface area contributed by atoms with E-state index in [1.54, 1.807) is 38.4 Å². The van der Waals surface area contributed by atoms with Gasteiger partial charge in [-0.25, -0.2) is 4.79 Å². The molecule has 7 heteroatoms. The molecule has 23 heavy (non-hydrogen) atoms. The Balaban J connectivity index is 2.17. The molecule has 0 saturated carbocycles. The summed E-state index contributed by atoms with van der Waals surface area (Å²) in [7, 11) is 3.16. The van der Waals surface area contributed by atoms with Gasteiger partial charge in [0.15, 0.2) is 6.10 Å². The molecule has 0 spiro atoms. The van der Waals surface area contributed by atoms with Gasteiger partial charge in [0.1, 0.15) is 5.76 Å². The monoisotopic (exact) mass is 355 g/mol. The molecule has 1 aromatic carbocycles. The third kappa shape index (κ3) is 3.86. The van der Waals surface area contributed by atoms with Gasteiger partial charge in [0, 0.05) is 19.7 Å². The van der Waals surface area contributed by atoms with E-state index in [2.05, 4.69) is 0 Å². The molecule has 1 amide bonds. The number of rotatable bonds is 4. The Morgan fingerprint density at radius 3 is 2.52 bits per heavy atom. The number of furan rings is 1. The average Bonchev–Trinajstić information content (AvgIpc) is 2.98. The number of esters is 1. The van der Waals surface area contributed by atoms with Crippen LogP contribution in [0.5, 0.6) is 0 Å². The minimum absolute atomic E-state index is 0.0190. The minimum Gasteiger partial charge on any atom is -0.449 e. The summed E-state index contributed by atoms with van der Waals surface area (Å²) in [6.45, 7) is 1.50. The quantitative estimate of drug-likeness (QED) is 0.780. The van der Waals surface area contributed by atoms with Crippen molar-refractivity contribution < 1.29 is 18.7 Å². The van der Waals surface area contributed by atoms with E-state index in [1.165, 1.54) is 17.9 Å². The Hall–Kier alpha value is -1.98. The number of amides is 1. The fraction of sp³-hybridized carbons (Fsp3) is 0.250. The number of ether oxygens (including phenoxy) is 1. The molecule has 0 aliphatic rings. The first kappa shape index (κ1) is 17.4. The Bertz CT molecular complexity index is 739. The molecule has 1 heterocycles. The highest BCUT2D eigenvalue weighted by Crippen LogP contribution is 2.34. The maximum atomic E-state index is 12.0. The molecule has 122 valence electrons. The fourth-order valence-electron chi connectivity index (χ4n) is 1.92. The van der Waals surface area contributed by atoms with Crippen LogP contribution in [0.1, 0.15) is 17.5 Å². The topological polar surface area (TPSA) is 59.8 Å². The molecule has 1 atom stereocenters. The second-order valence-corrected chi connectivity index (χ2v) is 5.83. The first-order valence-electron chi connectivity index (χ1n) is 6.77. The van der Waals surface area contributed by atoms with Gasteiger partial charge in [0.25, 0.3) is 5.91 Å². The fourth-order valence-corrected chi connectivity index (χ4v) is 2.31. The van der Waals surface area contributed by atoms with Gasteiger partial charge < -0.3 is 14.1 Å². The maximum Gasteiger partial charge on any atom is 0.375 e. The average molecular weight is 356 g/mol. The van der Waals surface area contributed by atoms with Gasteiger partial charge in [-0.3, -0.25) is 4.79 Å². The van der Waals surface area contributed by atoms with Gasteiger partial charge in [0.2, 0.25) is 5.76 Å². The van der Waals surface area contributed by atoms with Crippen LogP contribution in [0.15, 0.2) is 34.7 Å².